The van der Waals surface area contributed by atoms with Gasteiger partial charge in [-0.25, -0.2) is 13.2 Å². The standard InChI is InChI=1S/C23H18Cl2N4O6S/c1-34-20-8-7-16(11-19(20)28-36(32,33)13-14-5-3-2-4-6-14)35-22-17(24)9-15(10-18(22)25)29-23(31)27-21(30)12-26-29/h2-12,28H,13H2,1H3,(H,27,30,31). The molecule has 4 rings (SSSR count). The van der Waals surface area contributed by atoms with Gasteiger partial charge in [-0.15, -0.1) is 0 Å². The van der Waals surface area contributed by atoms with Crippen LogP contribution in [0, 0.1) is 0 Å². The molecule has 0 atom stereocenters. The van der Waals surface area contributed by atoms with Gasteiger partial charge in [-0.1, -0.05) is 53.5 Å². The van der Waals surface area contributed by atoms with Crippen LogP contribution in [0.3, 0.4) is 0 Å². The highest BCUT2D eigenvalue weighted by Crippen LogP contribution is 2.40. The van der Waals surface area contributed by atoms with Crippen LogP contribution in [-0.4, -0.2) is 30.3 Å². The average Bonchev–Trinajstić information content (AvgIpc) is 2.81. The summed E-state index contributed by atoms with van der Waals surface area (Å²) < 4.78 is 40.0. The predicted octanol–water partition coefficient (Wildman–Crippen LogP) is 3.97. The Morgan fingerprint density at radius 1 is 1.03 bits per heavy atom. The van der Waals surface area contributed by atoms with Crippen LogP contribution in [0.25, 0.3) is 5.69 Å². The Morgan fingerprint density at radius 3 is 2.36 bits per heavy atom. The molecule has 0 bridgehead atoms. The van der Waals surface area contributed by atoms with Crippen LogP contribution >= 0.6 is 23.2 Å². The van der Waals surface area contributed by atoms with E-state index in [2.05, 4.69) is 14.8 Å². The first-order valence-electron chi connectivity index (χ1n) is 10.2. The van der Waals surface area contributed by atoms with Crippen molar-refractivity contribution in [1.29, 1.82) is 0 Å². The smallest absolute Gasteiger partial charge is 0.349 e. The van der Waals surface area contributed by atoms with Crippen LogP contribution in [0.4, 0.5) is 5.69 Å². The fraction of sp³-hybridized carbons (Fsp3) is 0.0870. The summed E-state index contributed by atoms with van der Waals surface area (Å²) in [5, 5.41) is 3.84. The third kappa shape index (κ3) is 5.88. The van der Waals surface area contributed by atoms with Gasteiger partial charge in [-0.05, 0) is 29.8 Å². The van der Waals surface area contributed by atoms with E-state index in [1.807, 2.05) is 0 Å². The number of benzene rings is 3. The molecule has 0 spiro atoms. The average molecular weight is 549 g/mol. The van der Waals surface area contributed by atoms with Crippen LogP contribution in [0.1, 0.15) is 5.56 Å². The lowest BCUT2D eigenvalue weighted by Crippen LogP contribution is -2.30. The van der Waals surface area contributed by atoms with E-state index in [1.54, 1.807) is 36.4 Å². The normalized spacial score (nSPS) is 11.2. The quantitative estimate of drug-likeness (QED) is 0.340. The number of aromatic amines is 1. The van der Waals surface area contributed by atoms with Crippen LogP contribution in [0.2, 0.25) is 10.0 Å². The van der Waals surface area contributed by atoms with E-state index in [0.29, 0.717) is 5.56 Å². The van der Waals surface area contributed by atoms with E-state index < -0.39 is 21.3 Å². The van der Waals surface area contributed by atoms with Crippen LogP contribution in [-0.2, 0) is 15.8 Å². The third-order valence-electron chi connectivity index (χ3n) is 4.80. The Kier molecular flexibility index (Phi) is 7.34. The van der Waals surface area contributed by atoms with Gasteiger partial charge in [-0.2, -0.15) is 9.78 Å². The summed E-state index contributed by atoms with van der Waals surface area (Å²) in [5.74, 6) is 0.307. The topological polar surface area (TPSA) is 132 Å². The number of halogens is 2. The number of rotatable bonds is 8. The van der Waals surface area contributed by atoms with Gasteiger partial charge < -0.3 is 9.47 Å². The molecule has 0 saturated heterocycles. The molecular formula is C23H18Cl2N4O6S. The summed E-state index contributed by atoms with van der Waals surface area (Å²) in [6, 6.07) is 16.0. The SMILES string of the molecule is COc1ccc(Oc2c(Cl)cc(-n3ncc(=O)[nH]c3=O)cc2Cl)cc1NS(=O)(=O)Cc1ccccc1. The molecule has 0 aliphatic carbocycles. The summed E-state index contributed by atoms with van der Waals surface area (Å²) >= 11 is 12.7. The molecule has 0 saturated carbocycles. The Balaban J connectivity index is 1.62. The van der Waals surface area contributed by atoms with E-state index in [-0.39, 0.29) is 44.4 Å². The Hall–Kier alpha value is -3.80. The molecule has 1 aromatic heterocycles. The number of nitrogens with zero attached hydrogens (tertiary/aromatic N) is 2. The number of anilines is 1. The molecule has 2 N–H and O–H groups in total. The van der Waals surface area contributed by atoms with Crippen molar-refractivity contribution in [3.63, 3.8) is 0 Å². The minimum Gasteiger partial charge on any atom is -0.495 e. The van der Waals surface area contributed by atoms with Gasteiger partial charge in [0.15, 0.2) is 5.75 Å². The number of hydrogen-bond donors (Lipinski definition) is 2. The maximum absolute atomic E-state index is 12.7. The van der Waals surface area contributed by atoms with E-state index in [9.17, 15) is 18.0 Å². The van der Waals surface area contributed by atoms with Crippen molar-refractivity contribution in [3.8, 4) is 22.9 Å². The molecular weight excluding hydrogens is 531 g/mol. The Morgan fingerprint density at radius 2 is 1.72 bits per heavy atom. The number of methoxy groups -OCH3 is 1. The molecule has 13 heteroatoms. The minimum atomic E-state index is -3.77. The highest BCUT2D eigenvalue weighted by atomic mass is 35.5. The lowest BCUT2D eigenvalue weighted by Gasteiger charge is -2.15. The molecule has 1 heterocycles. The van der Waals surface area contributed by atoms with Gasteiger partial charge in [0.2, 0.25) is 10.0 Å². The Labute approximate surface area is 215 Å². The van der Waals surface area contributed by atoms with Crippen molar-refractivity contribution in [2.24, 2.45) is 0 Å². The number of H-pyrrole nitrogens is 1. The first kappa shape index (κ1) is 25.3. The second-order valence-corrected chi connectivity index (χ2v) is 9.94. The summed E-state index contributed by atoms with van der Waals surface area (Å²) in [5.41, 5.74) is -0.457. The largest absolute Gasteiger partial charge is 0.495 e. The molecule has 10 nitrogen and oxygen atoms in total. The number of sulfonamides is 1. The zero-order valence-electron chi connectivity index (χ0n) is 18.6. The minimum absolute atomic E-state index is 0.0411. The van der Waals surface area contributed by atoms with Gasteiger partial charge in [0.05, 0.1) is 34.3 Å². The van der Waals surface area contributed by atoms with Crippen molar-refractivity contribution >= 4 is 38.9 Å². The van der Waals surface area contributed by atoms with E-state index in [0.717, 1.165) is 10.9 Å². The van der Waals surface area contributed by atoms with Crippen molar-refractivity contribution in [2.75, 3.05) is 11.8 Å². The summed E-state index contributed by atoms with van der Waals surface area (Å²) in [6.45, 7) is 0. The fourth-order valence-electron chi connectivity index (χ4n) is 3.25. The molecule has 0 aliphatic rings. The fourth-order valence-corrected chi connectivity index (χ4v) is 5.00. The molecule has 0 fully saturated rings. The third-order valence-corrected chi connectivity index (χ3v) is 6.60. The van der Waals surface area contributed by atoms with E-state index in [4.69, 9.17) is 32.7 Å². The molecule has 186 valence electrons. The predicted molar refractivity (Wildman–Crippen MR) is 136 cm³/mol. The van der Waals surface area contributed by atoms with Crippen molar-refractivity contribution in [3.05, 3.63) is 103 Å². The number of nitrogens with one attached hydrogen (secondary N) is 2. The van der Waals surface area contributed by atoms with Gasteiger partial charge >= 0.3 is 5.69 Å². The van der Waals surface area contributed by atoms with Gasteiger partial charge in [-0.3, -0.25) is 14.5 Å². The zero-order chi connectivity index (χ0) is 25.9. The van der Waals surface area contributed by atoms with E-state index in [1.165, 1.54) is 31.4 Å². The second-order valence-electron chi connectivity index (χ2n) is 7.40. The van der Waals surface area contributed by atoms with Crippen molar-refractivity contribution in [1.82, 2.24) is 14.8 Å². The molecule has 36 heavy (non-hydrogen) atoms. The molecule has 0 radical (unpaired) electrons. The molecule has 0 amide bonds. The first-order chi connectivity index (χ1) is 17.1. The number of ether oxygens (including phenoxy) is 2. The maximum atomic E-state index is 12.7. The van der Waals surface area contributed by atoms with Crippen LogP contribution in [0.5, 0.6) is 17.2 Å². The van der Waals surface area contributed by atoms with Crippen molar-refractivity contribution in [2.45, 2.75) is 5.75 Å². The number of aromatic nitrogens is 3. The van der Waals surface area contributed by atoms with Crippen LogP contribution in [0.15, 0.2) is 76.4 Å². The highest BCUT2D eigenvalue weighted by molar-refractivity contribution is 7.91. The van der Waals surface area contributed by atoms with Crippen LogP contribution < -0.4 is 25.4 Å². The van der Waals surface area contributed by atoms with Crippen molar-refractivity contribution < 1.29 is 17.9 Å². The monoisotopic (exact) mass is 548 g/mol. The highest BCUT2D eigenvalue weighted by Gasteiger charge is 2.18. The lowest BCUT2D eigenvalue weighted by molar-refractivity contribution is 0.415. The van der Waals surface area contributed by atoms with Gasteiger partial charge in [0.25, 0.3) is 5.56 Å². The second kappa shape index (κ2) is 10.4. The van der Waals surface area contributed by atoms with Gasteiger partial charge in [0.1, 0.15) is 17.7 Å². The Bertz CT molecular complexity index is 1620. The van der Waals surface area contributed by atoms with Gasteiger partial charge in [0, 0.05) is 6.07 Å². The molecule has 0 aliphatic heterocycles. The molecule has 4 aromatic rings. The molecule has 0 unspecified atom stereocenters. The summed E-state index contributed by atoms with van der Waals surface area (Å²) in [6.07, 6.45) is 0.936. The zero-order valence-corrected chi connectivity index (χ0v) is 20.9. The number of hydrogen-bond acceptors (Lipinski definition) is 7. The molecule has 3 aromatic carbocycles. The lowest BCUT2D eigenvalue weighted by atomic mass is 10.2. The summed E-state index contributed by atoms with van der Waals surface area (Å²) in [7, 11) is -2.36. The maximum Gasteiger partial charge on any atom is 0.349 e. The first-order valence-corrected chi connectivity index (χ1v) is 12.6. The summed E-state index contributed by atoms with van der Waals surface area (Å²) in [4.78, 5) is 25.4. The van der Waals surface area contributed by atoms with E-state index >= 15 is 0 Å².